The van der Waals surface area contributed by atoms with Crippen LogP contribution in [0.4, 0.5) is 22.0 Å². The lowest BCUT2D eigenvalue weighted by Gasteiger charge is -2.22. The minimum Gasteiger partial charge on any atom is -0.362 e. The van der Waals surface area contributed by atoms with E-state index in [4.69, 9.17) is 22.2 Å². The highest BCUT2D eigenvalue weighted by Gasteiger charge is 2.23. The summed E-state index contributed by atoms with van der Waals surface area (Å²) in [6.45, 7) is 4.43. The van der Waals surface area contributed by atoms with Gasteiger partial charge in [-0.1, -0.05) is 36.4 Å². The van der Waals surface area contributed by atoms with Crippen molar-refractivity contribution in [2.75, 3.05) is 34.8 Å². The van der Waals surface area contributed by atoms with Crippen molar-refractivity contribution in [2.45, 2.75) is 38.8 Å². The van der Waals surface area contributed by atoms with E-state index in [1.807, 2.05) is 12.1 Å². The summed E-state index contributed by atoms with van der Waals surface area (Å²) in [5, 5.41) is 6.94. The fraction of sp³-hybridized carbons (Fsp3) is 0.346. The van der Waals surface area contributed by atoms with Gasteiger partial charge < -0.3 is 20.4 Å². The van der Waals surface area contributed by atoms with Gasteiger partial charge in [-0.05, 0) is 66.7 Å². The van der Waals surface area contributed by atoms with E-state index in [1.165, 1.54) is 36.1 Å². The minimum absolute atomic E-state index is 0.208. The maximum atomic E-state index is 13.1. The second kappa shape index (κ2) is 10.3. The average molecular weight is 477 g/mol. The monoisotopic (exact) mass is 476 g/mol. The summed E-state index contributed by atoms with van der Waals surface area (Å²) in [6, 6.07) is 17.3. The van der Waals surface area contributed by atoms with E-state index in [0.29, 0.717) is 17.6 Å². The second-order valence-corrected chi connectivity index (χ2v) is 9.25. The number of nitrogens with one attached hydrogen (secondary N) is 2. The van der Waals surface area contributed by atoms with Crippen LogP contribution in [-0.4, -0.2) is 34.7 Å². The number of hydrogen-bond donors (Lipinski definition) is 2. The van der Waals surface area contributed by atoms with Gasteiger partial charge in [0.2, 0.25) is 5.95 Å². The third kappa shape index (κ3) is 5.44. The zero-order valence-corrected chi connectivity index (χ0v) is 20.0. The van der Waals surface area contributed by atoms with Crippen molar-refractivity contribution in [1.82, 2.24) is 15.3 Å². The van der Waals surface area contributed by atoms with E-state index < -0.39 is 0 Å². The van der Waals surface area contributed by atoms with Crippen LogP contribution >= 0.6 is 12.2 Å². The predicted molar refractivity (Wildman–Crippen MR) is 139 cm³/mol. The highest BCUT2D eigenvalue weighted by Crippen LogP contribution is 2.30. The lowest BCUT2D eigenvalue weighted by Crippen LogP contribution is -2.31. The van der Waals surface area contributed by atoms with E-state index in [1.54, 1.807) is 0 Å². The standard InChI is InChI=1S/C26H29FN6S/c27-22-11-9-19(10-12-22)6-5-13-28-26(34)31-25-29-23(32-14-3-4-15-32)16-24(30-25)33-17-20-7-1-2-8-21(20)18-33/h1-2,7-12,16H,3-6,13-15,17-18H2,(H2,28,29,30,31,34). The van der Waals surface area contributed by atoms with Gasteiger partial charge in [0.25, 0.3) is 0 Å². The van der Waals surface area contributed by atoms with Crippen molar-refractivity contribution >= 4 is 34.9 Å². The number of nitrogens with zero attached hydrogens (tertiary/aromatic N) is 4. The van der Waals surface area contributed by atoms with Crippen LogP contribution in [0.25, 0.3) is 0 Å². The average Bonchev–Trinajstić information content (AvgIpc) is 3.53. The smallest absolute Gasteiger partial charge is 0.232 e. The van der Waals surface area contributed by atoms with E-state index >= 15 is 0 Å². The fourth-order valence-corrected chi connectivity index (χ4v) is 4.73. The first-order valence-corrected chi connectivity index (χ1v) is 12.3. The van der Waals surface area contributed by atoms with Gasteiger partial charge in [-0.3, -0.25) is 0 Å². The fourth-order valence-electron chi connectivity index (χ4n) is 4.53. The molecule has 5 rings (SSSR count). The highest BCUT2D eigenvalue weighted by molar-refractivity contribution is 7.80. The molecule has 2 aliphatic heterocycles. The van der Waals surface area contributed by atoms with Gasteiger partial charge >= 0.3 is 0 Å². The van der Waals surface area contributed by atoms with Crippen LogP contribution < -0.4 is 20.4 Å². The zero-order chi connectivity index (χ0) is 23.3. The van der Waals surface area contributed by atoms with Gasteiger partial charge in [0, 0.05) is 38.8 Å². The summed E-state index contributed by atoms with van der Waals surface area (Å²) >= 11 is 5.52. The van der Waals surface area contributed by atoms with Crippen LogP contribution in [0.15, 0.2) is 54.6 Å². The molecule has 3 heterocycles. The Bertz CT molecular complexity index is 1120. The molecule has 3 aromatic rings. The van der Waals surface area contributed by atoms with Crippen LogP contribution in [0.1, 0.15) is 36.0 Å². The van der Waals surface area contributed by atoms with Crippen LogP contribution in [0.3, 0.4) is 0 Å². The third-order valence-electron chi connectivity index (χ3n) is 6.36. The van der Waals surface area contributed by atoms with Crippen LogP contribution in [-0.2, 0) is 19.5 Å². The summed E-state index contributed by atoms with van der Waals surface area (Å²) in [4.78, 5) is 14.2. The number of aryl methyl sites for hydroxylation is 1. The molecule has 2 N–H and O–H groups in total. The summed E-state index contributed by atoms with van der Waals surface area (Å²) in [6.07, 6.45) is 4.12. The Hall–Kier alpha value is -3.26. The maximum Gasteiger partial charge on any atom is 0.232 e. The van der Waals surface area contributed by atoms with E-state index in [2.05, 4.69) is 50.8 Å². The molecule has 6 nitrogen and oxygen atoms in total. The second-order valence-electron chi connectivity index (χ2n) is 8.84. The molecule has 0 atom stereocenters. The Morgan fingerprint density at radius 3 is 2.24 bits per heavy atom. The largest absolute Gasteiger partial charge is 0.362 e. The topological polar surface area (TPSA) is 56.3 Å². The Kier molecular flexibility index (Phi) is 6.85. The molecule has 0 saturated carbocycles. The lowest BCUT2D eigenvalue weighted by atomic mass is 10.1. The molecule has 1 saturated heterocycles. The van der Waals surface area contributed by atoms with Crippen molar-refractivity contribution in [2.24, 2.45) is 0 Å². The van der Waals surface area contributed by atoms with Gasteiger partial charge in [0.05, 0.1) is 0 Å². The van der Waals surface area contributed by atoms with Gasteiger partial charge in [-0.25, -0.2) is 4.39 Å². The molecule has 34 heavy (non-hydrogen) atoms. The van der Waals surface area contributed by atoms with Crippen LogP contribution in [0, 0.1) is 5.82 Å². The molecule has 2 aromatic carbocycles. The van der Waals surface area contributed by atoms with Gasteiger partial charge in [0.15, 0.2) is 5.11 Å². The summed E-state index contributed by atoms with van der Waals surface area (Å²) < 4.78 is 13.1. The van der Waals surface area contributed by atoms with E-state index in [-0.39, 0.29) is 5.82 Å². The van der Waals surface area contributed by atoms with E-state index in [9.17, 15) is 4.39 Å². The zero-order valence-electron chi connectivity index (χ0n) is 19.1. The summed E-state index contributed by atoms with van der Waals surface area (Å²) in [7, 11) is 0. The number of benzene rings is 2. The van der Waals surface area contributed by atoms with Gasteiger partial charge in [-0.15, -0.1) is 0 Å². The molecule has 1 fully saturated rings. The molecule has 176 valence electrons. The molecule has 0 spiro atoms. The quantitative estimate of drug-likeness (QED) is 0.380. The first-order chi connectivity index (χ1) is 16.6. The predicted octanol–water partition coefficient (Wildman–Crippen LogP) is 4.66. The number of hydrogen-bond acceptors (Lipinski definition) is 5. The molecule has 8 heteroatoms. The number of anilines is 3. The first kappa shape index (κ1) is 22.5. The molecular formula is C26H29FN6S. The SMILES string of the molecule is Fc1ccc(CCCNC(=S)Nc2nc(N3CCCC3)cc(N3Cc4ccccc4C3)n2)cc1. The molecule has 0 bridgehead atoms. The Morgan fingerprint density at radius 1 is 0.912 bits per heavy atom. The van der Waals surface area contributed by atoms with Crippen LogP contribution in [0.2, 0.25) is 0 Å². The normalized spacial score (nSPS) is 14.9. The number of halogens is 1. The Labute approximate surface area is 205 Å². The number of rotatable bonds is 7. The molecule has 0 unspecified atom stereocenters. The first-order valence-electron chi connectivity index (χ1n) is 11.9. The van der Waals surface area contributed by atoms with Crippen LogP contribution in [0.5, 0.6) is 0 Å². The maximum absolute atomic E-state index is 13.1. The molecule has 2 aliphatic rings. The summed E-state index contributed by atoms with van der Waals surface area (Å²) in [5.74, 6) is 2.17. The molecule has 0 radical (unpaired) electrons. The number of fused-ring (bicyclic) bond motifs is 1. The van der Waals surface area contributed by atoms with Gasteiger partial charge in [0.1, 0.15) is 17.5 Å². The van der Waals surface area contributed by atoms with Gasteiger partial charge in [-0.2, -0.15) is 9.97 Å². The highest BCUT2D eigenvalue weighted by atomic mass is 32.1. The van der Waals surface area contributed by atoms with Crippen molar-refractivity contribution in [3.63, 3.8) is 0 Å². The van der Waals surface area contributed by atoms with Crippen molar-refractivity contribution in [3.8, 4) is 0 Å². The van der Waals surface area contributed by atoms with Crippen molar-refractivity contribution < 1.29 is 4.39 Å². The molecule has 1 aromatic heterocycles. The minimum atomic E-state index is -0.208. The number of aromatic nitrogens is 2. The lowest BCUT2D eigenvalue weighted by molar-refractivity contribution is 0.626. The Morgan fingerprint density at radius 2 is 1.56 bits per heavy atom. The Balaban J connectivity index is 1.23. The van der Waals surface area contributed by atoms with Crippen molar-refractivity contribution in [1.29, 1.82) is 0 Å². The van der Waals surface area contributed by atoms with E-state index in [0.717, 1.165) is 56.2 Å². The molecule has 0 aliphatic carbocycles. The molecule has 0 amide bonds. The summed E-state index contributed by atoms with van der Waals surface area (Å²) in [5.41, 5.74) is 3.80. The number of thiocarbonyl (C=S) groups is 1. The van der Waals surface area contributed by atoms with Crippen molar-refractivity contribution in [3.05, 3.63) is 77.1 Å². The molecular weight excluding hydrogens is 447 g/mol. The third-order valence-corrected chi connectivity index (χ3v) is 6.61.